The maximum atomic E-state index is 13.4. The molecule has 1 amide bonds. The average molecular weight is 456 g/mol. The van der Waals surface area contributed by atoms with E-state index in [-0.39, 0.29) is 30.5 Å². The van der Waals surface area contributed by atoms with E-state index >= 15 is 0 Å². The molecular weight excluding hydrogens is 422 g/mol. The molecule has 1 aliphatic carbocycles. The number of ether oxygens (including phenoxy) is 1. The Kier molecular flexibility index (Phi) is 6.83. The predicted molar refractivity (Wildman–Crippen MR) is 123 cm³/mol. The highest BCUT2D eigenvalue weighted by molar-refractivity contribution is 5.94. The lowest BCUT2D eigenvalue weighted by Gasteiger charge is -2.40. The number of aromatic nitrogens is 1. The van der Waals surface area contributed by atoms with Gasteiger partial charge in [-0.1, -0.05) is 12.6 Å². The second-order valence-electron chi connectivity index (χ2n) is 9.17. The molecule has 0 radical (unpaired) electrons. The third-order valence-electron chi connectivity index (χ3n) is 7.39. The molecule has 3 heterocycles. The number of likely N-dealkylation sites (tertiary alicyclic amines) is 1. The lowest BCUT2D eigenvalue weighted by Crippen LogP contribution is -2.44. The van der Waals surface area contributed by atoms with E-state index in [1.165, 1.54) is 11.2 Å². The largest absolute Gasteiger partial charge is 0.456 e. The number of nitrogens with two attached hydrogens (primary N) is 1. The first kappa shape index (κ1) is 23.4. The Hall–Kier alpha value is -2.75. The number of rotatable bonds is 8. The zero-order chi connectivity index (χ0) is 23.6. The van der Waals surface area contributed by atoms with Crippen LogP contribution in [0.15, 0.2) is 42.4 Å². The molecule has 1 aromatic heterocycles. The van der Waals surface area contributed by atoms with Crippen molar-refractivity contribution >= 4 is 17.7 Å². The number of anilines is 1. The van der Waals surface area contributed by atoms with Gasteiger partial charge in [0.1, 0.15) is 12.4 Å². The third-order valence-corrected chi connectivity index (χ3v) is 7.39. The van der Waals surface area contributed by atoms with E-state index in [9.17, 15) is 14.7 Å². The Balaban J connectivity index is 1.39. The molecule has 1 spiro atoms. The summed E-state index contributed by atoms with van der Waals surface area (Å²) in [5.74, 6) is 6.22. The van der Waals surface area contributed by atoms with E-state index in [4.69, 9.17) is 10.6 Å². The summed E-state index contributed by atoms with van der Waals surface area (Å²) in [7, 11) is 0. The van der Waals surface area contributed by atoms with Gasteiger partial charge in [0.15, 0.2) is 0 Å². The zero-order valence-corrected chi connectivity index (χ0v) is 19.2. The molecule has 1 aromatic rings. The minimum absolute atomic E-state index is 0.0777. The fraction of sp³-hybridized carbons (Fsp3) is 0.542. The summed E-state index contributed by atoms with van der Waals surface area (Å²) in [6, 6.07) is 4.13. The number of cyclic esters (lactones) is 1. The van der Waals surface area contributed by atoms with Crippen molar-refractivity contribution in [3.63, 3.8) is 0 Å². The topological polar surface area (TPSA) is 112 Å². The van der Waals surface area contributed by atoms with Gasteiger partial charge in [0, 0.05) is 38.1 Å². The van der Waals surface area contributed by atoms with Crippen LogP contribution in [0.4, 0.5) is 5.82 Å². The molecule has 2 fully saturated rings. The first-order valence-electron chi connectivity index (χ1n) is 11.5. The van der Waals surface area contributed by atoms with E-state index in [2.05, 4.69) is 16.5 Å². The summed E-state index contributed by atoms with van der Waals surface area (Å²) in [6.07, 6.45) is 7.53. The van der Waals surface area contributed by atoms with Crippen LogP contribution in [0.1, 0.15) is 44.6 Å². The lowest BCUT2D eigenvalue weighted by atomic mass is 9.71. The van der Waals surface area contributed by atoms with Gasteiger partial charge in [0.05, 0.1) is 23.3 Å². The highest BCUT2D eigenvalue weighted by Gasteiger charge is 2.50. The molecule has 3 aliphatic rings. The first-order valence-corrected chi connectivity index (χ1v) is 11.5. The molecule has 0 aromatic carbocycles. The Morgan fingerprint density at radius 2 is 2.09 bits per heavy atom. The molecule has 9 heteroatoms. The van der Waals surface area contributed by atoms with Crippen LogP contribution < -0.4 is 10.9 Å². The molecular formula is C24H33N5O4. The summed E-state index contributed by atoms with van der Waals surface area (Å²) in [4.78, 5) is 33.6. The van der Waals surface area contributed by atoms with E-state index in [0.717, 1.165) is 43.4 Å². The van der Waals surface area contributed by atoms with Gasteiger partial charge >= 0.3 is 5.97 Å². The van der Waals surface area contributed by atoms with Gasteiger partial charge in [-0.3, -0.25) is 14.7 Å². The van der Waals surface area contributed by atoms with Crippen molar-refractivity contribution in [2.45, 2.75) is 51.6 Å². The number of nitrogens with zero attached hydrogens (tertiary/aromatic N) is 4. The van der Waals surface area contributed by atoms with E-state index in [1.54, 1.807) is 18.0 Å². The van der Waals surface area contributed by atoms with Crippen molar-refractivity contribution in [1.29, 1.82) is 0 Å². The number of hydrogen-bond acceptors (Lipinski definition) is 8. The van der Waals surface area contributed by atoms with Gasteiger partial charge in [0.2, 0.25) is 5.91 Å². The van der Waals surface area contributed by atoms with Crippen LogP contribution in [0.5, 0.6) is 0 Å². The van der Waals surface area contributed by atoms with E-state index in [0.29, 0.717) is 37.1 Å². The summed E-state index contributed by atoms with van der Waals surface area (Å²) < 4.78 is 5.12. The van der Waals surface area contributed by atoms with Gasteiger partial charge in [-0.25, -0.2) is 15.6 Å². The summed E-state index contributed by atoms with van der Waals surface area (Å²) in [6.45, 7) is 7.54. The monoisotopic (exact) mass is 455 g/mol. The van der Waals surface area contributed by atoms with Crippen molar-refractivity contribution in [1.82, 2.24) is 14.8 Å². The number of esters is 1. The van der Waals surface area contributed by atoms with E-state index < -0.39 is 0 Å². The Morgan fingerprint density at radius 3 is 2.67 bits per heavy atom. The van der Waals surface area contributed by atoms with E-state index in [1.807, 2.05) is 12.1 Å². The van der Waals surface area contributed by atoms with Crippen LogP contribution >= 0.6 is 0 Å². The van der Waals surface area contributed by atoms with Crippen LogP contribution in [-0.4, -0.2) is 64.1 Å². The maximum absolute atomic E-state index is 13.4. The highest BCUT2D eigenvalue weighted by atomic mass is 16.5. The number of carbonyl (C=O) groups is 2. The molecule has 0 bridgehead atoms. The molecule has 1 saturated heterocycles. The second-order valence-corrected chi connectivity index (χ2v) is 9.17. The maximum Gasteiger partial charge on any atom is 0.336 e. The van der Waals surface area contributed by atoms with Crippen LogP contribution in [-0.2, 0) is 20.9 Å². The molecule has 1 saturated carbocycles. The number of hydrazine groups is 1. The van der Waals surface area contributed by atoms with Gasteiger partial charge < -0.3 is 14.7 Å². The molecule has 2 aliphatic heterocycles. The number of amides is 1. The average Bonchev–Trinajstić information content (AvgIpc) is 3.32. The number of aliphatic hydroxyl groups excluding tert-OH is 1. The Bertz CT molecular complexity index is 937. The molecule has 0 atom stereocenters. The minimum atomic E-state index is -0.348. The van der Waals surface area contributed by atoms with Crippen molar-refractivity contribution in [3.05, 3.63) is 47.9 Å². The van der Waals surface area contributed by atoms with Crippen molar-refractivity contribution in [3.8, 4) is 0 Å². The van der Waals surface area contributed by atoms with Crippen LogP contribution in [0.2, 0.25) is 0 Å². The standard InChI is InChI=1S/C24H33N5O4/c1-3-29(25)21-5-4-18(14-26-21)15-27(12-13-30)19-6-8-24(9-7-19)10-11-28(23(24)32)20-16-33-22(31)17(20)2/h3-5,14,19,30H,1,6-13,15-16,25H2,2H3. The lowest BCUT2D eigenvalue weighted by molar-refractivity contribution is -0.138. The van der Waals surface area contributed by atoms with Crippen LogP contribution in [0, 0.1) is 5.41 Å². The number of pyridine rings is 1. The molecule has 9 nitrogen and oxygen atoms in total. The molecule has 178 valence electrons. The Labute approximate surface area is 194 Å². The fourth-order valence-electron chi connectivity index (χ4n) is 5.32. The number of hydrogen-bond donors (Lipinski definition) is 2. The fourth-order valence-corrected chi connectivity index (χ4v) is 5.32. The van der Waals surface area contributed by atoms with Gasteiger partial charge in [-0.15, -0.1) is 0 Å². The first-order chi connectivity index (χ1) is 15.9. The second kappa shape index (κ2) is 9.62. The zero-order valence-electron chi connectivity index (χ0n) is 19.2. The third kappa shape index (κ3) is 4.53. The Morgan fingerprint density at radius 1 is 1.33 bits per heavy atom. The minimum Gasteiger partial charge on any atom is -0.456 e. The molecule has 33 heavy (non-hydrogen) atoms. The van der Waals surface area contributed by atoms with Crippen LogP contribution in [0.3, 0.4) is 0 Å². The van der Waals surface area contributed by atoms with Crippen molar-refractivity contribution < 1.29 is 19.4 Å². The number of carbonyl (C=O) groups excluding carboxylic acids is 2. The normalized spacial score (nSPS) is 25.3. The summed E-state index contributed by atoms with van der Waals surface area (Å²) >= 11 is 0. The molecule has 3 N–H and O–H groups in total. The quantitative estimate of drug-likeness (QED) is 0.346. The smallest absolute Gasteiger partial charge is 0.336 e. The summed E-state index contributed by atoms with van der Waals surface area (Å²) in [5, 5.41) is 11.0. The van der Waals surface area contributed by atoms with Gasteiger partial charge in [0.25, 0.3) is 0 Å². The highest BCUT2D eigenvalue weighted by Crippen LogP contribution is 2.47. The van der Waals surface area contributed by atoms with Gasteiger partial charge in [-0.2, -0.15) is 0 Å². The SMILES string of the molecule is C=CN(N)c1ccc(CN(CCO)C2CCC3(CC2)CCN(C2=C(C)C(=O)OC2)C3=O)cn1. The van der Waals surface area contributed by atoms with Crippen LogP contribution in [0.25, 0.3) is 0 Å². The number of aliphatic hydroxyl groups is 1. The molecule has 4 rings (SSSR count). The van der Waals surface area contributed by atoms with Gasteiger partial charge in [-0.05, 0) is 50.7 Å². The predicted octanol–water partition coefficient (Wildman–Crippen LogP) is 1.69. The van der Waals surface area contributed by atoms with Crippen molar-refractivity contribution in [2.24, 2.45) is 11.3 Å². The molecule has 0 unspecified atom stereocenters. The summed E-state index contributed by atoms with van der Waals surface area (Å²) in [5.41, 5.74) is 1.98. The van der Waals surface area contributed by atoms with Crippen molar-refractivity contribution in [2.75, 3.05) is 31.3 Å².